The van der Waals surface area contributed by atoms with E-state index in [0.717, 1.165) is 5.56 Å². The van der Waals surface area contributed by atoms with Gasteiger partial charge in [0.2, 0.25) is 5.91 Å². The minimum Gasteiger partial charge on any atom is -0.380 e. The van der Waals surface area contributed by atoms with Crippen molar-refractivity contribution in [2.75, 3.05) is 7.11 Å². The number of rotatable bonds is 6. The minimum absolute atomic E-state index is 0.0692. The zero-order chi connectivity index (χ0) is 12.8. The highest BCUT2D eigenvalue weighted by Crippen LogP contribution is 2.11. The van der Waals surface area contributed by atoms with E-state index in [1.165, 1.54) is 0 Å². The molecule has 1 aromatic rings. The van der Waals surface area contributed by atoms with Gasteiger partial charge in [-0.2, -0.15) is 0 Å². The van der Waals surface area contributed by atoms with Gasteiger partial charge in [0.25, 0.3) is 0 Å². The van der Waals surface area contributed by atoms with Gasteiger partial charge < -0.3 is 10.5 Å². The summed E-state index contributed by atoms with van der Waals surface area (Å²) in [4.78, 5) is 22.6. The molecule has 0 heterocycles. The van der Waals surface area contributed by atoms with Gasteiger partial charge in [-0.25, -0.2) is 0 Å². The fraction of sp³-hybridized carbons (Fsp3) is 0.385. The van der Waals surface area contributed by atoms with Crippen LogP contribution in [0.2, 0.25) is 0 Å². The van der Waals surface area contributed by atoms with Crippen molar-refractivity contribution in [3.05, 3.63) is 35.4 Å². The fourth-order valence-corrected chi connectivity index (χ4v) is 1.45. The molecule has 4 heteroatoms. The first-order valence-corrected chi connectivity index (χ1v) is 5.45. The molecule has 0 bridgehead atoms. The molecule has 0 radical (unpaired) electrons. The van der Waals surface area contributed by atoms with E-state index in [-0.39, 0.29) is 12.2 Å². The predicted molar refractivity (Wildman–Crippen MR) is 64.5 cm³/mol. The summed E-state index contributed by atoms with van der Waals surface area (Å²) in [5.74, 6) is -0.948. The lowest BCUT2D eigenvalue weighted by atomic mass is 9.99. The van der Waals surface area contributed by atoms with Gasteiger partial charge in [0, 0.05) is 25.0 Å². The zero-order valence-electron chi connectivity index (χ0n) is 10.1. The van der Waals surface area contributed by atoms with Crippen molar-refractivity contribution in [1.29, 1.82) is 0 Å². The van der Waals surface area contributed by atoms with E-state index >= 15 is 0 Å². The largest absolute Gasteiger partial charge is 0.380 e. The maximum atomic E-state index is 11.8. The van der Waals surface area contributed by atoms with Gasteiger partial charge >= 0.3 is 0 Å². The first kappa shape index (κ1) is 13.4. The third kappa shape index (κ3) is 4.00. The van der Waals surface area contributed by atoms with Gasteiger partial charge in [0.05, 0.1) is 6.61 Å². The number of amides is 1. The van der Waals surface area contributed by atoms with Gasteiger partial charge in [-0.05, 0) is 5.56 Å². The van der Waals surface area contributed by atoms with E-state index in [1.807, 2.05) is 12.1 Å². The van der Waals surface area contributed by atoms with E-state index < -0.39 is 11.8 Å². The quantitative estimate of drug-likeness (QED) is 0.760. The average Bonchev–Trinajstić information content (AvgIpc) is 2.30. The van der Waals surface area contributed by atoms with Gasteiger partial charge in [0.1, 0.15) is 0 Å². The van der Waals surface area contributed by atoms with Crippen LogP contribution < -0.4 is 5.73 Å². The van der Waals surface area contributed by atoms with Crippen molar-refractivity contribution in [3.8, 4) is 0 Å². The molecule has 92 valence electrons. The Morgan fingerprint density at radius 2 is 1.88 bits per heavy atom. The van der Waals surface area contributed by atoms with Crippen LogP contribution in [0.3, 0.4) is 0 Å². The van der Waals surface area contributed by atoms with E-state index in [4.69, 9.17) is 10.5 Å². The van der Waals surface area contributed by atoms with E-state index in [9.17, 15) is 9.59 Å². The number of carbonyl (C=O) groups excluding carboxylic acids is 2. The van der Waals surface area contributed by atoms with E-state index in [1.54, 1.807) is 26.2 Å². The number of ketones is 1. The van der Waals surface area contributed by atoms with E-state index in [0.29, 0.717) is 12.2 Å². The number of nitrogens with two attached hydrogens (primary N) is 1. The molecule has 1 rings (SSSR count). The van der Waals surface area contributed by atoms with Crippen LogP contribution in [0.1, 0.15) is 29.3 Å². The molecule has 0 spiro atoms. The Balaban J connectivity index is 2.66. The zero-order valence-corrected chi connectivity index (χ0v) is 10.1. The van der Waals surface area contributed by atoms with Crippen LogP contribution in [0.5, 0.6) is 0 Å². The molecular formula is C13H17NO3. The Morgan fingerprint density at radius 3 is 2.35 bits per heavy atom. The van der Waals surface area contributed by atoms with Crippen LogP contribution >= 0.6 is 0 Å². The normalized spacial score (nSPS) is 12.1. The maximum Gasteiger partial charge on any atom is 0.220 e. The summed E-state index contributed by atoms with van der Waals surface area (Å²) in [7, 11) is 1.62. The Bertz CT molecular complexity index is 398. The summed E-state index contributed by atoms with van der Waals surface area (Å²) < 4.78 is 4.98. The molecule has 0 aliphatic rings. The number of benzene rings is 1. The number of primary amides is 1. The van der Waals surface area contributed by atoms with Crippen LogP contribution in [-0.4, -0.2) is 18.8 Å². The molecule has 4 nitrogen and oxygen atoms in total. The third-order valence-electron chi connectivity index (χ3n) is 2.56. The first-order valence-electron chi connectivity index (χ1n) is 5.45. The highest BCUT2D eigenvalue weighted by Gasteiger charge is 2.15. The van der Waals surface area contributed by atoms with Crippen molar-refractivity contribution < 1.29 is 14.3 Å². The summed E-state index contributed by atoms with van der Waals surface area (Å²) >= 11 is 0. The molecule has 0 aromatic heterocycles. The molecule has 1 amide bonds. The molecular weight excluding hydrogens is 218 g/mol. The monoisotopic (exact) mass is 235 g/mol. The second kappa shape index (κ2) is 6.15. The SMILES string of the molecule is COCc1ccc(C(=O)CC(C)C(N)=O)cc1. The summed E-state index contributed by atoms with van der Waals surface area (Å²) in [5, 5.41) is 0. The van der Waals surface area contributed by atoms with Gasteiger partial charge in [0.15, 0.2) is 5.78 Å². The molecule has 0 aliphatic carbocycles. The number of carbonyl (C=O) groups is 2. The number of ether oxygens (including phenoxy) is 1. The van der Waals surface area contributed by atoms with Gasteiger partial charge in [-0.3, -0.25) is 9.59 Å². The van der Waals surface area contributed by atoms with Crippen LogP contribution in [0.25, 0.3) is 0 Å². The highest BCUT2D eigenvalue weighted by molar-refractivity contribution is 5.98. The van der Waals surface area contributed by atoms with Crippen molar-refractivity contribution in [3.63, 3.8) is 0 Å². The third-order valence-corrected chi connectivity index (χ3v) is 2.56. The number of hydrogen-bond acceptors (Lipinski definition) is 3. The highest BCUT2D eigenvalue weighted by atomic mass is 16.5. The van der Waals surface area contributed by atoms with E-state index in [2.05, 4.69) is 0 Å². The fourth-order valence-electron chi connectivity index (χ4n) is 1.45. The minimum atomic E-state index is -0.450. The molecule has 0 aliphatic heterocycles. The maximum absolute atomic E-state index is 11.8. The molecule has 0 saturated carbocycles. The predicted octanol–water partition coefficient (Wildman–Crippen LogP) is 1.53. The summed E-state index contributed by atoms with van der Waals surface area (Å²) in [5.41, 5.74) is 6.72. The van der Waals surface area contributed by atoms with Crippen molar-refractivity contribution in [2.24, 2.45) is 11.7 Å². The van der Waals surface area contributed by atoms with Crippen molar-refractivity contribution in [1.82, 2.24) is 0 Å². The van der Waals surface area contributed by atoms with Crippen LogP contribution in [-0.2, 0) is 16.1 Å². The molecule has 1 atom stereocenters. The lowest BCUT2D eigenvalue weighted by Gasteiger charge is -2.06. The molecule has 17 heavy (non-hydrogen) atoms. The first-order chi connectivity index (χ1) is 8.04. The molecule has 1 aromatic carbocycles. The average molecular weight is 235 g/mol. The van der Waals surface area contributed by atoms with Crippen LogP contribution in [0, 0.1) is 5.92 Å². The van der Waals surface area contributed by atoms with Crippen molar-refractivity contribution >= 4 is 11.7 Å². The van der Waals surface area contributed by atoms with Crippen molar-refractivity contribution in [2.45, 2.75) is 20.0 Å². The lowest BCUT2D eigenvalue weighted by Crippen LogP contribution is -2.23. The summed E-state index contributed by atoms with van der Waals surface area (Å²) in [6, 6.07) is 7.16. The van der Waals surface area contributed by atoms with Gasteiger partial charge in [-0.15, -0.1) is 0 Å². The number of methoxy groups -OCH3 is 1. The smallest absolute Gasteiger partial charge is 0.220 e. The lowest BCUT2D eigenvalue weighted by molar-refractivity contribution is -0.121. The molecule has 0 saturated heterocycles. The standard InChI is InChI=1S/C13H17NO3/c1-9(13(14)16)7-12(15)11-5-3-10(4-6-11)8-17-2/h3-6,9H,7-8H2,1-2H3,(H2,14,16). The van der Waals surface area contributed by atoms with Crippen LogP contribution in [0.4, 0.5) is 0 Å². The number of Topliss-reactive ketones (excluding diaryl/α,β-unsaturated/α-hetero) is 1. The Morgan fingerprint density at radius 1 is 1.29 bits per heavy atom. The Labute approximate surface area is 101 Å². The Hall–Kier alpha value is -1.68. The van der Waals surface area contributed by atoms with Gasteiger partial charge in [-0.1, -0.05) is 31.2 Å². The second-order valence-electron chi connectivity index (χ2n) is 4.06. The molecule has 1 unspecified atom stereocenters. The summed E-state index contributed by atoms with van der Waals surface area (Å²) in [6.45, 7) is 2.17. The summed E-state index contributed by atoms with van der Waals surface area (Å²) in [6.07, 6.45) is 0.152. The Kier molecular flexibility index (Phi) is 4.84. The van der Waals surface area contributed by atoms with Crippen LogP contribution in [0.15, 0.2) is 24.3 Å². The molecule has 0 fully saturated rings. The number of hydrogen-bond donors (Lipinski definition) is 1. The molecule has 2 N–H and O–H groups in total. The second-order valence-corrected chi connectivity index (χ2v) is 4.06. The topological polar surface area (TPSA) is 69.4 Å².